The topological polar surface area (TPSA) is 17.1 Å². The number of ketones is 1. The second-order valence-corrected chi connectivity index (χ2v) is 9.52. The van der Waals surface area contributed by atoms with Gasteiger partial charge in [-0.2, -0.15) is 0 Å². The number of hydrogen-bond acceptors (Lipinski definition) is 1. The number of fused-ring (bicyclic) bond motifs is 5. The standard InChI is InChI=1S/C21H32O/c1-13-5-6-15-11-14(2)19-16-7-8-18(22)20(16,3)10-9-17(19)21(15,4)12-13/h11,13-14,16-17,19H,5-10,12H2,1-4H3/t13?,14?,16-,17+,19-,20-,21-/m0/s1. The van der Waals surface area contributed by atoms with E-state index in [4.69, 9.17) is 0 Å². The summed E-state index contributed by atoms with van der Waals surface area (Å²) in [5.74, 6) is 4.35. The van der Waals surface area contributed by atoms with Crippen LogP contribution >= 0.6 is 0 Å². The minimum absolute atomic E-state index is 0.0113. The van der Waals surface area contributed by atoms with Crippen molar-refractivity contribution in [3.8, 4) is 0 Å². The van der Waals surface area contributed by atoms with Crippen molar-refractivity contribution >= 4 is 5.78 Å². The molecule has 0 N–H and O–H groups in total. The molecule has 0 saturated heterocycles. The first-order valence-electron chi connectivity index (χ1n) is 9.61. The number of rotatable bonds is 0. The lowest BCUT2D eigenvalue weighted by atomic mass is 9.45. The molecule has 0 aromatic carbocycles. The van der Waals surface area contributed by atoms with Crippen LogP contribution in [0.3, 0.4) is 0 Å². The molecule has 0 heterocycles. The van der Waals surface area contributed by atoms with E-state index in [2.05, 4.69) is 33.8 Å². The Hall–Kier alpha value is -0.590. The molecule has 0 spiro atoms. The smallest absolute Gasteiger partial charge is 0.139 e. The zero-order chi connectivity index (χ0) is 15.7. The summed E-state index contributed by atoms with van der Waals surface area (Å²) in [6, 6.07) is 0. The molecule has 22 heavy (non-hydrogen) atoms. The van der Waals surface area contributed by atoms with Gasteiger partial charge in [-0.1, -0.05) is 39.3 Å². The summed E-state index contributed by atoms with van der Waals surface area (Å²) in [6.45, 7) is 9.75. The Kier molecular flexibility index (Phi) is 3.20. The van der Waals surface area contributed by atoms with Crippen molar-refractivity contribution in [3.05, 3.63) is 11.6 Å². The van der Waals surface area contributed by atoms with Gasteiger partial charge >= 0.3 is 0 Å². The van der Waals surface area contributed by atoms with Crippen LogP contribution in [0.4, 0.5) is 0 Å². The number of hydrogen-bond donors (Lipinski definition) is 0. The van der Waals surface area contributed by atoms with Crippen LogP contribution in [0, 0.1) is 40.4 Å². The van der Waals surface area contributed by atoms with Crippen molar-refractivity contribution in [1.82, 2.24) is 0 Å². The van der Waals surface area contributed by atoms with Gasteiger partial charge in [0.2, 0.25) is 0 Å². The Morgan fingerprint density at radius 3 is 2.50 bits per heavy atom. The summed E-state index contributed by atoms with van der Waals surface area (Å²) in [4.78, 5) is 12.5. The lowest BCUT2D eigenvalue weighted by Crippen LogP contribution is -2.52. The molecular weight excluding hydrogens is 268 g/mol. The highest BCUT2D eigenvalue weighted by Gasteiger charge is 2.59. The third-order valence-electron chi connectivity index (χ3n) is 8.34. The van der Waals surface area contributed by atoms with Gasteiger partial charge in [0.05, 0.1) is 0 Å². The molecule has 1 nitrogen and oxygen atoms in total. The summed E-state index contributed by atoms with van der Waals surface area (Å²) < 4.78 is 0. The second-order valence-electron chi connectivity index (χ2n) is 9.52. The number of carbonyl (C=O) groups excluding carboxylic acids is 1. The molecule has 4 aliphatic carbocycles. The fourth-order valence-electron chi connectivity index (χ4n) is 7.18. The lowest BCUT2D eigenvalue weighted by Gasteiger charge is -2.59. The van der Waals surface area contributed by atoms with E-state index < -0.39 is 0 Å². The van der Waals surface area contributed by atoms with Gasteiger partial charge in [0.25, 0.3) is 0 Å². The average Bonchev–Trinajstić information content (AvgIpc) is 2.76. The monoisotopic (exact) mass is 300 g/mol. The van der Waals surface area contributed by atoms with Gasteiger partial charge in [0.15, 0.2) is 0 Å². The third kappa shape index (κ3) is 1.80. The van der Waals surface area contributed by atoms with E-state index in [-0.39, 0.29) is 5.41 Å². The van der Waals surface area contributed by atoms with Crippen molar-refractivity contribution in [2.45, 2.75) is 72.6 Å². The molecule has 0 aliphatic heterocycles. The predicted octanol–water partition coefficient (Wildman–Crippen LogP) is 5.40. The Morgan fingerprint density at radius 2 is 1.73 bits per heavy atom. The second kappa shape index (κ2) is 4.71. The van der Waals surface area contributed by atoms with E-state index in [9.17, 15) is 4.79 Å². The highest BCUT2D eigenvalue weighted by Crippen LogP contribution is 2.65. The quantitative estimate of drug-likeness (QED) is 0.547. The van der Waals surface area contributed by atoms with Crippen LogP contribution in [0.15, 0.2) is 11.6 Å². The first kappa shape index (κ1) is 15.0. The minimum atomic E-state index is 0.0113. The molecule has 0 aromatic rings. The van der Waals surface area contributed by atoms with Crippen molar-refractivity contribution in [2.24, 2.45) is 40.4 Å². The highest BCUT2D eigenvalue weighted by molar-refractivity contribution is 5.87. The zero-order valence-electron chi connectivity index (χ0n) is 14.8. The molecule has 0 amide bonds. The van der Waals surface area contributed by atoms with Crippen LogP contribution in [0.1, 0.15) is 72.6 Å². The van der Waals surface area contributed by atoms with Crippen LogP contribution < -0.4 is 0 Å². The minimum Gasteiger partial charge on any atom is -0.299 e. The molecule has 0 bridgehead atoms. The maximum absolute atomic E-state index is 12.5. The van der Waals surface area contributed by atoms with Crippen LogP contribution in [-0.4, -0.2) is 5.78 Å². The Balaban J connectivity index is 1.75. The Bertz CT molecular complexity index is 532. The molecule has 3 fully saturated rings. The van der Waals surface area contributed by atoms with Crippen LogP contribution in [0.2, 0.25) is 0 Å². The Morgan fingerprint density at radius 1 is 1.00 bits per heavy atom. The third-order valence-corrected chi connectivity index (χ3v) is 8.34. The Labute approximate surface area is 135 Å². The first-order valence-corrected chi connectivity index (χ1v) is 9.61. The summed E-state index contributed by atoms with van der Waals surface area (Å²) >= 11 is 0. The van der Waals surface area contributed by atoms with Crippen molar-refractivity contribution < 1.29 is 4.79 Å². The normalized spacial score (nSPS) is 54.3. The van der Waals surface area contributed by atoms with Crippen molar-refractivity contribution in [1.29, 1.82) is 0 Å². The maximum Gasteiger partial charge on any atom is 0.139 e. The fraction of sp³-hybridized carbons (Fsp3) is 0.857. The summed E-state index contributed by atoms with van der Waals surface area (Å²) in [5.41, 5.74) is 2.21. The van der Waals surface area contributed by atoms with Crippen molar-refractivity contribution in [2.75, 3.05) is 0 Å². The van der Waals surface area contributed by atoms with Gasteiger partial charge in [-0.25, -0.2) is 0 Å². The molecule has 4 aliphatic rings. The van der Waals surface area contributed by atoms with E-state index in [1.54, 1.807) is 5.57 Å². The molecule has 2 unspecified atom stereocenters. The molecule has 3 saturated carbocycles. The highest BCUT2D eigenvalue weighted by atomic mass is 16.1. The van der Waals surface area contributed by atoms with E-state index >= 15 is 0 Å². The average molecular weight is 300 g/mol. The van der Waals surface area contributed by atoms with Gasteiger partial charge in [0, 0.05) is 11.8 Å². The number of carbonyl (C=O) groups is 1. The van der Waals surface area contributed by atoms with Gasteiger partial charge in [0.1, 0.15) is 5.78 Å². The molecule has 4 rings (SSSR count). The first-order chi connectivity index (χ1) is 10.4. The SMILES string of the molecule is CC1CCC2=CC(C)[C@@H]3[C@@H](CC[C@]4(C)C(=O)CC[C@@H]34)[C@@]2(C)C1. The molecular formula is C21H32O. The molecule has 122 valence electrons. The zero-order valence-corrected chi connectivity index (χ0v) is 14.8. The van der Waals surface area contributed by atoms with Gasteiger partial charge in [-0.05, 0) is 73.5 Å². The van der Waals surface area contributed by atoms with E-state index in [1.165, 1.54) is 25.7 Å². The summed E-state index contributed by atoms with van der Waals surface area (Å²) in [7, 11) is 0. The van der Waals surface area contributed by atoms with Gasteiger partial charge in [-0.15, -0.1) is 0 Å². The molecule has 7 atom stereocenters. The van der Waals surface area contributed by atoms with E-state index in [1.807, 2.05) is 0 Å². The fourth-order valence-corrected chi connectivity index (χ4v) is 7.18. The predicted molar refractivity (Wildman–Crippen MR) is 90.4 cm³/mol. The van der Waals surface area contributed by atoms with Crippen LogP contribution in [0.5, 0.6) is 0 Å². The molecule has 1 heteroatoms. The molecule has 0 radical (unpaired) electrons. The lowest BCUT2D eigenvalue weighted by molar-refractivity contribution is -0.133. The van der Waals surface area contributed by atoms with E-state index in [0.717, 1.165) is 37.0 Å². The summed E-state index contributed by atoms with van der Waals surface area (Å²) in [5, 5.41) is 0. The van der Waals surface area contributed by atoms with Crippen LogP contribution in [0.25, 0.3) is 0 Å². The van der Waals surface area contributed by atoms with Gasteiger partial charge < -0.3 is 0 Å². The summed E-state index contributed by atoms with van der Waals surface area (Å²) in [6.07, 6.45) is 11.2. The van der Waals surface area contributed by atoms with E-state index in [0.29, 0.717) is 23.0 Å². The number of allylic oxidation sites excluding steroid dienone is 2. The maximum atomic E-state index is 12.5. The van der Waals surface area contributed by atoms with Gasteiger partial charge in [-0.3, -0.25) is 4.79 Å². The van der Waals surface area contributed by atoms with Crippen LogP contribution in [-0.2, 0) is 4.79 Å². The largest absolute Gasteiger partial charge is 0.299 e. The number of Topliss-reactive ketones (excluding diaryl/α,β-unsaturated/α-hetero) is 1. The molecule has 0 aromatic heterocycles. The van der Waals surface area contributed by atoms with Crippen molar-refractivity contribution in [3.63, 3.8) is 0 Å².